The lowest BCUT2D eigenvalue weighted by Gasteiger charge is -2.12. The van der Waals surface area contributed by atoms with E-state index in [1.54, 1.807) is 12.2 Å². The quantitative estimate of drug-likeness (QED) is 0.688. The Morgan fingerprint density at radius 1 is 1.21 bits per heavy atom. The summed E-state index contributed by atoms with van der Waals surface area (Å²) in [6.45, 7) is 0.199. The number of halogens is 3. The summed E-state index contributed by atoms with van der Waals surface area (Å²) < 4.78 is 36.3. The molecule has 0 spiro atoms. The van der Waals surface area contributed by atoms with Gasteiger partial charge >= 0.3 is 12.1 Å². The zero-order chi connectivity index (χ0) is 18.3. The minimum absolute atomic E-state index is 0.0293. The van der Waals surface area contributed by atoms with Gasteiger partial charge in [0.15, 0.2) is 0 Å². The van der Waals surface area contributed by atoms with Crippen molar-refractivity contribution in [2.24, 2.45) is 0 Å². The van der Waals surface area contributed by atoms with E-state index >= 15 is 0 Å². The molecule has 0 atom stereocenters. The maximum absolute atomic E-state index is 12.1. The summed E-state index contributed by atoms with van der Waals surface area (Å²) in [5.74, 6) is -2.77. The second kappa shape index (κ2) is 8.57. The van der Waals surface area contributed by atoms with Gasteiger partial charge in [0.25, 0.3) is 5.91 Å². The fourth-order valence-electron chi connectivity index (χ4n) is 1.60. The van der Waals surface area contributed by atoms with Gasteiger partial charge in [-0.2, -0.15) is 13.2 Å². The Morgan fingerprint density at radius 2 is 1.88 bits per heavy atom. The molecule has 0 radical (unpaired) electrons. The number of anilines is 1. The standard InChI is InChI=1S/C14H15F3N2O4S/c1-8-2-3-9(13(23)18-7-14(15,16)17)4-10(8)19-11(20)5-24-6-12(21)22/h2-4H,5-7H2,1H3,(H,18,23)(H,19,20)(H,21,22). The minimum atomic E-state index is -4.52. The lowest BCUT2D eigenvalue weighted by molar-refractivity contribution is -0.134. The third kappa shape index (κ3) is 7.36. The summed E-state index contributed by atoms with van der Waals surface area (Å²) in [5.41, 5.74) is 0.855. The van der Waals surface area contributed by atoms with Crippen LogP contribution in [0.15, 0.2) is 18.2 Å². The highest BCUT2D eigenvalue weighted by Crippen LogP contribution is 2.18. The van der Waals surface area contributed by atoms with E-state index in [-0.39, 0.29) is 22.8 Å². The normalized spacial score (nSPS) is 11.0. The van der Waals surface area contributed by atoms with Gasteiger partial charge in [0.05, 0.1) is 11.5 Å². The number of alkyl halides is 3. The molecule has 3 N–H and O–H groups in total. The second-order valence-electron chi connectivity index (χ2n) is 4.76. The first-order valence-corrected chi connectivity index (χ1v) is 7.79. The van der Waals surface area contributed by atoms with Crippen molar-refractivity contribution in [3.05, 3.63) is 29.3 Å². The smallest absolute Gasteiger partial charge is 0.405 e. The van der Waals surface area contributed by atoms with E-state index in [1.807, 2.05) is 0 Å². The first-order chi connectivity index (χ1) is 11.1. The van der Waals surface area contributed by atoms with Crippen LogP contribution in [-0.4, -0.2) is 47.1 Å². The summed E-state index contributed by atoms with van der Waals surface area (Å²) in [6, 6.07) is 4.10. The van der Waals surface area contributed by atoms with Gasteiger partial charge in [-0.25, -0.2) is 0 Å². The average molecular weight is 364 g/mol. The van der Waals surface area contributed by atoms with Gasteiger partial charge in [0.2, 0.25) is 5.91 Å². The number of aliphatic carboxylic acids is 1. The van der Waals surface area contributed by atoms with Crippen LogP contribution in [0.5, 0.6) is 0 Å². The largest absolute Gasteiger partial charge is 0.481 e. The second-order valence-corrected chi connectivity index (χ2v) is 5.75. The molecule has 1 rings (SSSR count). The Labute approximate surface area is 139 Å². The molecule has 0 aromatic heterocycles. The predicted octanol–water partition coefficient (Wildman–Crippen LogP) is 2.04. The van der Waals surface area contributed by atoms with Crippen molar-refractivity contribution in [1.82, 2.24) is 5.32 Å². The summed E-state index contributed by atoms with van der Waals surface area (Å²) in [7, 11) is 0. The van der Waals surface area contributed by atoms with Gasteiger partial charge in [-0.05, 0) is 24.6 Å². The van der Waals surface area contributed by atoms with E-state index in [9.17, 15) is 27.6 Å². The lowest BCUT2D eigenvalue weighted by atomic mass is 10.1. The Morgan fingerprint density at radius 3 is 2.46 bits per heavy atom. The third-order valence-corrected chi connectivity index (χ3v) is 3.60. The highest BCUT2D eigenvalue weighted by Gasteiger charge is 2.28. The number of thioether (sulfide) groups is 1. The lowest BCUT2D eigenvalue weighted by Crippen LogP contribution is -2.33. The van der Waals surface area contributed by atoms with E-state index in [4.69, 9.17) is 5.11 Å². The first-order valence-electron chi connectivity index (χ1n) is 6.63. The summed E-state index contributed by atoms with van der Waals surface area (Å²) >= 11 is 0.900. The maximum atomic E-state index is 12.1. The molecule has 132 valence electrons. The van der Waals surface area contributed by atoms with E-state index in [1.165, 1.54) is 18.2 Å². The number of rotatable bonds is 7. The van der Waals surface area contributed by atoms with Crippen molar-refractivity contribution in [1.29, 1.82) is 0 Å². The number of benzene rings is 1. The number of carbonyl (C=O) groups is 3. The number of aryl methyl sites for hydroxylation is 1. The van der Waals surface area contributed by atoms with Crippen molar-refractivity contribution in [2.75, 3.05) is 23.4 Å². The van der Waals surface area contributed by atoms with Crippen LogP contribution < -0.4 is 10.6 Å². The molecule has 6 nitrogen and oxygen atoms in total. The molecular formula is C14H15F3N2O4S. The third-order valence-electron chi connectivity index (χ3n) is 2.68. The van der Waals surface area contributed by atoms with Crippen LogP contribution in [0, 0.1) is 6.92 Å². The Bertz CT molecular complexity index is 635. The zero-order valence-corrected chi connectivity index (χ0v) is 13.4. The van der Waals surface area contributed by atoms with Gasteiger partial charge in [-0.15, -0.1) is 11.8 Å². The molecule has 0 aliphatic carbocycles. The van der Waals surface area contributed by atoms with E-state index < -0.39 is 30.5 Å². The summed E-state index contributed by atoms with van der Waals surface area (Å²) in [6.07, 6.45) is -4.52. The van der Waals surface area contributed by atoms with E-state index in [2.05, 4.69) is 5.32 Å². The number of hydrogen-bond acceptors (Lipinski definition) is 4. The Kier molecular flexibility index (Phi) is 7.08. The van der Waals surface area contributed by atoms with Gasteiger partial charge < -0.3 is 15.7 Å². The number of carbonyl (C=O) groups excluding carboxylic acids is 2. The van der Waals surface area contributed by atoms with Crippen LogP contribution in [-0.2, 0) is 9.59 Å². The average Bonchev–Trinajstić information content (AvgIpc) is 2.46. The van der Waals surface area contributed by atoms with Gasteiger partial charge in [-0.3, -0.25) is 14.4 Å². The zero-order valence-electron chi connectivity index (χ0n) is 12.6. The van der Waals surface area contributed by atoms with E-state index in [0.29, 0.717) is 5.56 Å². The van der Waals surface area contributed by atoms with Crippen molar-refractivity contribution in [3.63, 3.8) is 0 Å². The number of amides is 2. The fourth-order valence-corrected chi connectivity index (χ4v) is 2.13. The highest BCUT2D eigenvalue weighted by atomic mass is 32.2. The highest BCUT2D eigenvalue weighted by molar-refractivity contribution is 8.00. The molecule has 1 aromatic carbocycles. The molecule has 0 unspecified atom stereocenters. The SMILES string of the molecule is Cc1ccc(C(=O)NCC(F)(F)F)cc1NC(=O)CSCC(=O)O. The summed E-state index contributed by atoms with van der Waals surface area (Å²) in [4.78, 5) is 33.8. The molecule has 0 fully saturated rings. The molecule has 2 amide bonds. The Hall–Kier alpha value is -2.23. The molecule has 1 aromatic rings. The fraction of sp³-hybridized carbons (Fsp3) is 0.357. The van der Waals surface area contributed by atoms with Crippen molar-refractivity contribution in [3.8, 4) is 0 Å². The van der Waals surface area contributed by atoms with Crippen LogP contribution >= 0.6 is 11.8 Å². The van der Waals surface area contributed by atoms with Gasteiger partial charge in [0.1, 0.15) is 6.54 Å². The number of carboxylic acids is 1. The van der Waals surface area contributed by atoms with Crippen LogP contribution in [0.1, 0.15) is 15.9 Å². The molecule has 24 heavy (non-hydrogen) atoms. The van der Waals surface area contributed by atoms with Gasteiger partial charge in [-0.1, -0.05) is 6.07 Å². The molecule has 10 heteroatoms. The number of nitrogens with one attached hydrogen (secondary N) is 2. The van der Waals surface area contributed by atoms with Crippen molar-refractivity contribution < 1.29 is 32.7 Å². The minimum Gasteiger partial charge on any atom is -0.481 e. The van der Waals surface area contributed by atoms with Crippen LogP contribution in [0.4, 0.5) is 18.9 Å². The first kappa shape index (κ1) is 19.8. The van der Waals surface area contributed by atoms with Crippen LogP contribution in [0.25, 0.3) is 0 Å². The Balaban J connectivity index is 2.70. The number of carboxylic acid groups (broad SMARTS) is 1. The van der Waals surface area contributed by atoms with Crippen LogP contribution in [0.3, 0.4) is 0 Å². The maximum Gasteiger partial charge on any atom is 0.405 e. The molecule has 0 aliphatic heterocycles. The van der Waals surface area contributed by atoms with Crippen molar-refractivity contribution in [2.45, 2.75) is 13.1 Å². The molecule has 0 saturated carbocycles. The van der Waals surface area contributed by atoms with Crippen LogP contribution in [0.2, 0.25) is 0 Å². The molecule has 0 bridgehead atoms. The summed E-state index contributed by atoms with van der Waals surface area (Å²) in [5, 5.41) is 12.7. The number of hydrogen-bond donors (Lipinski definition) is 3. The molecule has 0 heterocycles. The van der Waals surface area contributed by atoms with Crippen molar-refractivity contribution >= 4 is 35.2 Å². The van der Waals surface area contributed by atoms with Gasteiger partial charge in [0, 0.05) is 11.3 Å². The molecular weight excluding hydrogens is 349 g/mol. The molecule has 0 saturated heterocycles. The monoisotopic (exact) mass is 364 g/mol. The predicted molar refractivity (Wildman–Crippen MR) is 83.2 cm³/mol. The van der Waals surface area contributed by atoms with E-state index in [0.717, 1.165) is 11.8 Å². The molecule has 0 aliphatic rings. The topological polar surface area (TPSA) is 95.5 Å².